The van der Waals surface area contributed by atoms with E-state index in [9.17, 15) is 8.42 Å². The van der Waals surface area contributed by atoms with Crippen LogP contribution in [0.15, 0.2) is 0 Å². The van der Waals surface area contributed by atoms with Gasteiger partial charge in [0, 0.05) is 19.2 Å². The maximum Gasteiger partial charge on any atom is 0.214 e. The van der Waals surface area contributed by atoms with Gasteiger partial charge in [-0.25, -0.2) is 13.1 Å². The van der Waals surface area contributed by atoms with Gasteiger partial charge in [-0.15, -0.1) is 0 Å². The highest BCUT2D eigenvalue weighted by Crippen LogP contribution is 2.18. The minimum absolute atomic E-state index is 0.0231. The molecule has 1 rings (SSSR count). The van der Waals surface area contributed by atoms with E-state index in [1.807, 2.05) is 0 Å². The van der Waals surface area contributed by atoms with Crippen LogP contribution in [0.3, 0.4) is 0 Å². The topological polar surface area (TPSA) is 81.4 Å². The lowest BCUT2D eigenvalue weighted by Crippen LogP contribution is -2.50. The Hall–Kier alpha value is -0.170. The van der Waals surface area contributed by atoms with Crippen LogP contribution in [0.25, 0.3) is 0 Å². The molecule has 0 atom stereocenters. The Kier molecular flexibility index (Phi) is 3.66. The maximum absolute atomic E-state index is 11.3. The number of nitrogens with two attached hydrogens (primary N) is 1. The summed E-state index contributed by atoms with van der Waals surface area (Å²) in [4.78, 5) is 0. The molecule has 5 nitrogen and oxygen atoms in total. The third kappa shape index (κ3) is 3.60. The zero-order valence-corrected chi connectivity index (χ0v) is 8.51. The van der Waals surface area contributed by atoms with Crippen molar-refractivity contribution in [3.63, 3.8) is 0 Å². The molecule has 1 aliphatic rings. The summed E-state index contributed by atoms with van der Waals surface area (Å²) in [6.45, 7) is 0.230. The van der Waals surface area contributed by atoms with E-state index >= 15 is 0 Å². The smallest absolute Gasteiger partial charge is 0.214 e. The molecule has 0 aromatic rings. The van der Waals surface area contributed by atoms with Gasteiger partial charge in [0.25, 0.3) is 0 Å². The number of methoxy groups -OCH3 is 1. The van der Waals surface area contributed by atoms with E-state index in [2.05, 4.69) is 9.46 Å². The Bertz CT molecular complexity index is 246. The first-order valence-electron chi connectivity index (χ1n) is 4.28. The fourth-order valence-electron chi connectivity index (χ4n) is 1.26. The van der Waals surface area contributed by atoms with Crippen molar-refractivity contribution in [1.29, 1.82) is 0 Å². The summed E-state index contributed by atoms with van der Waals surface area (Å²) in [6, 6.07) is 0.201. The lowest BCUT2D eigenvalue weighted by atomic mass is 9.89. The number of hydrogen-bond donors (Lipinski definition) is 2. The molecular weight excluding hydrogens is 192 g/mol. The molecule has 0 amide bonds. The molecule has 0 heterocycles. The third-order valence-corrected chi connectivity index (χ3v) is 3.47. The van der Waals surface area contributed by atoms with Crippen LogP contribution < -0.4 is 10.5 Å². The molecule has 0 aliphatic heterocycles. The summed E-state index contributed by atoms with van der Waals surface area (Å²) in [5, 5.41) is 0. The van der Waals surface area contributed by atoms with E-state index in [0.29, 0.717) is 0 Å². The highest BCUT2D eigenvalue weighted by atomic mass is 32.2. The van der Waals surface area contributed by atoms with Gasteiger partial charge < -0.3 is 10.5 Å². The largest absolute Gasteiger partial charge is 0.384 e. The van der Waals surface area contributed by atoms with Crippen molar-refractivity contribution in [1.82, 2.24) is 4.72 Å². The van der Waals surface area contributed by atoms with E-state index in [1.54, 1.807) is 0 Å². The van der Waals surface area contributed by atoms with Crippen molar-refractivity contribution >= 4 is 10.0 Å². The average molecular weight is 208 g/mol. The molecule has 0 aromatic carbocycles. The molecular formula is C7H16N2O3S. The van der Waals surface area contributed by atoms with E-state index in [-0.39, 0.29) is 24.4 Å². The van der Waals surface area contributed by atoms with E-state index in [1.165, 1.54) is 7.11 Å². The fourth-order valence-corrected chi connectivity index (χ4v) is 2.47. The van der Waals surface area contributed by atoms with Crippen molar-refractivity contribution in [2.24, 2.45) is 5.73 Å². The standard InChI is InChI=1S/C7H16N2O3S/c1-12-2-3-13(10,11)9-7-4-6(8)5-7/h6-7,9H,2-5,8H2,1H3. The van der Waals surface area contributed by atoms with Gasteiger partial charge in [-0.1, -0.05) is 0 Å². The van der Waals surface area contributed by atoms with Crippen molar-refractivity contribution < 1.29 is 13.2 Å². The SMILES string of the molecule is COCCS(=O)(=O)NC1CC(N)C1. The lowest BCUT2D eigenvalue weighted by Gasteiger charge is -2.32. The quantitative estimate of drug-likeness (QED) is 0.610. The molecule has 0 saturated heterocycles. The third-order valence-electron chi connectivity index (χ3n) is 2.08. The van der Waals surface area contributed by atoms with Gasteiger partial charge in [-0.3, -0.25) is 0 Å². The predicted octanol–water partition coefficient (Wildman–Crippen LogP) is -0.958. The van der Waals surface area contributed by atoms with E-state index in [4.69, 9.17) is 5.73 Å². The molecule has 1 fully saturated rings. The summed E-state index contributed by atoms with van der Waals surface area (Å²) in [5.74, 6) is 0.0231. The van der Waals surface area contributed by atoms with E-state index in [0.717, 1.165) is 12.8 Å². The van der Waals surface area contributed by atoms with Gasteiger partial charge in [0.15, 0.2) is 0 Å². The Balaban J connectivity index is 2.26. The monoisotopic (exact) mass is 208 g/mol. The van der Waals surface area contributed by atoms with Gasteiger partial charge in [-0.2, -0.15) is 0 Å². The van der Waals surface area contributed by atoms with Crippen LogP contribution in [0, 0.1) is 0 Å². The Morgan fingerprint density at radius 3 is 2.62 bits per heavy atom. The summed E-state index contributed by atoms with van der Waals surface area (Å²) >= 11 is 0. The van der Waals surface area contributed by atoms with Crippen LogP contribution >= 0.6 is 0 Å². The molecule has 0 aromatic heterocycles. The average Bonchev–Trinajstić information content (AvgIpc) is 1.98. The Morgan fingerprint density at radius 1 is 1.54 bits per heavy atom. The number of sulfonamides is 1. The van der Waals surface area contributed by atoms with Crippen LogP contribution in [0.4, 0.5) is 0 Å². The second-order valence-corrected chi connectivity index (χ2v) is 5.23. The van der Waals surface area contributed by atoms with Gasteiger partial charge in [0.05, 0.1) is 12.4 Å². The van der Waals surface area contributed by atoms with Crippen LogP contribution in [-0.4, -0.2) is 40.0 Å². The second kappa shape index (κ2) is 4.36. The fraction of sp³-hybridized carbons (Fsp3) is 1.00. The summed E-state index contributed by atoms with van der Waals surface area (Å²) in [6.07, 6.45) is 1.48. The molecule has 0 unspecified atom stereocenters. The normalized spacial score (nSPS) is 28.5. The van der Waals surface area contributed by atoms with Gasteiger partial charge in [0.1, 0.15) is 0 Å². The lowest BCUT2D eigenvalue weighted by molar-refractivity contribution is 0.216. The number of nitrogens with one attached hydrogen (secondary N) is 1. The second-order valence-electron chi connectivity index (χ2n) is 3.36. The van der Waals surface area contributed by atoms with Crippen LogP contribution in [-0.2, 0) is 14.8 Å². The molecule has 0 radical (unpaired) electrons. The Morgan fingerprint density at radius 2 is 2.15 bits per heavy atom. The molecule has 0 spiro atoms. The first-order valence-corrected chi connectivity index (χ1v) is 5.93. The maximum atomic E-state index is 11.3. The molecule has 78 valence electrons. The number of ether oxygens (including phenoxy) is 1. The van der Waals surface area contributed by atoms with Gasteiger partial charge in [-0.05, 0) is 12.8 Å². The summed E-state index contributed by atoms with van der Waals surface area (Å²) in [7, 11) is -1.68. The minimum atomic E-state index is -3.16. The van der Waals surface area contributed by atoms with Gasteiger partial charge in [0.2, 0.25) is 10.0 Å². The summed E-state index contributed by atoms with van der Waals surface area (Å²) < 4.78 is 29.8. The summed E-state index contributed by atoms with van der Waals surface area (Å²) in [5.41, 5.74) is 5.53. The van der Waals surface area contributed by atoms with Crippen LogP contribution in [0.1, 0.15) is 12.8 Å². The van der Waals surface area contributed by atoms with Crippen molar-refractivity contribution in [2.75, 3.05) is 19.5 Å². The highest BCUT2D eigenvalue weighted by Gasteiger charge is 2.29. The molecule has 3 N–H and O–H groups in total. The van der Waals surface area contributed by atoms with Crippen LogP contribution in [0.5, 0.6) is 0 Å². The Labute approximate surface area is 78.7 Å². The van der Waals surface area contributed by atoms with Crippen LogP contribution in [0.2, 0.25) is 0 Å². The zero-order chi connectivity index (χ0) is 9.90. The van der Waals surface area contributed by atoms with E-state index < -0.39 is 10.0 Å². The van der Waals surface area contributed by atoms with Gasteiger partial charge >= 0.3 is 0 Å². The number of hydrogen-bond acceptors (Lipinski definition) is 4. The van der Waals surface area contributed by atoms with Crippen molar-refractivity contribution in [3.05, 3.63) is 0 Å². The molecule has 0 bridgehead atoms. The molecule has 1 saturated carbocycles. The molecule has 6 heteroatoms. The number of rotatable bonds is 5. The van der Waals surface area contributed by atoms with Crippen molar-refractivity contribution in [3.8, 4) is 0 Å². The molecule has 13 heavy (non-hydrogen) atoms. The highest BCUT2D eigenvalue weighted by molar-refractivity contribution is 7.89. The van der Waals surface area contributed by atoms with Crippen molar-refractivity contribution in [2.45, 2.75) is 24.9 Å². The molecule has 1 aliphatic carbocycles. The predicted molar refractivity (Wildman–Crippen MR) is 49.8 cm³/mol. The zero-order valence-electron chi connectivity index (χ0n) is 7.69. The minimum Gasteiger partial charge on any atom is -0.384 e. The first kappa shape index (κ1) is 10.9. The first-order chi connectivity index (χ1) is 6.03.